The molecule has 1 atom stereocenters. The van der Waals surface area contributed by atoms with Crippen LogP contribution in [-0.2, 0) is 24.8 Å². The summed E-state index contributed by atoms with van der Waals surface area (Å²) in [7, 11) is 1.83. The quantitative estimate of drug-likeness (QED) is 0.536. The van der Waals surface area contributed by atoms with Gasteiger partial charge in [0.2, 0.25) is 5.91 Å². The Hall–Kier alpha value is -4.28. The number of nitrogens with one attached hydrogen (secondary N) is 1. The Kier molecular flexibility index (Phi) is 8.09. The van der Waals surface area contributed by atoms with Crippen LogP contribution >= 0.6 is 0 Å². The summed E-state index contributed by atoms with van der Waals surface area (Å²) in [6, 6.07) is 5.45. The molecule has 1 aromatic carbocycles. The minimum atomic E-state index is -0.646. The van der Waals surface area contributed by atoms with Crippen LogP contribution in [0, 0.1) is 11.7 Å². The van der Waals surface area contributed by atoms with E-state index >= 15 is 0 Å². The van der Waals surface area contributed by atoms with Crippen LogP contribution in [0.4, 0.5) is 9.18 Å². The van der Waals surface area contributed by atoms with Gasteiger partial charge in [-0.3, -0.25) is 19.3 Å². The maximum Gasteiger partial charge on any atom is 0.324 e. The Morgan fingerprint density at radius 1 is 1.15 bits per heavy atom. The molecule has 210 valence electrons. The third-order valence-electron chi connectivity index (χ3n) is 7.34. The minimum Gasteiger partial charge on any atom is -0.491 e. The van der Waals surface area contributed by atoms with Crippen molar-refractivity contribution >= 4 is 17.8 Å². The van der Waals surface area contributed by atoms with E-state index in [-0.39, 0.29) is 31.3 Å². The molecule has 4 heterocycles. The van der Waals surface area contributed by atoms with Crippen LogP contribution in [0.15, 0.2) is 42.9 Å². The minimum absolute atomic E-state index is 0.107. The van der Waals surface area contributed by atoms with Crippen molar-refractivity contribution < 1.29 is 23.5 Å². The number of halogens is 1. The van der Waals surface area contributed by atoms with Gasteiger partial charge < -0.3 is 15.0 Å². The highest BCUT2D eigenvalue weighted by Gasteiger charge is 2.31. The molecular formula is C29H33FN6O4. The zero-order chi connectivity index (χ0) is 28.2. The first kappa shape index (κ1) is 27.3. The van der Waals surface area contributed by atoms with Gasteiger partial charge in [-0.05, 0) is 55.0 Å². The van der Waals surface area contributed by atoms with E-state index < -0.39 is 30.2 Å². The lowest BCUT2D eigenvalue weighted by Crippen LogP contribution is -2.50. The maximum absolute atomic E-state index is 13.9. The van der Waals surface area contributed by atoms with Gasteiger partial charge in [-0.15, -0.1) is 0 Å². The highest BCUT2D eigenvalue weighted by atomic mass is 19.1. The van der Waals surface area contributed by atoms with Crippen LogP contribution in [0.1, 0.15) is 47.8 Å². The van der Waals surface area contributed by atoms with Crippen LogP contribution < -0.4 is 10.1 Å². The normalized spacial score (nSPS) is 18.4. The molecule has 40 heavy (non-hydrogen) atoms. The topological polar surface area (TPSA) is 110 Å². The Morgan fingerprint density at radius 3 is 2.80 bits per heavy atom. The first-order chi connectivity index (χ1) is 19.3. The van der Waals surface area contributed by atoms with Gasteiger partial charge in [0.05, 0.1) is 12.7 Å². The molecule has 1 N–H and O–H groups in total. The lowest BCUT2D eigenvalue weighted by atomic mass is 9.98. The number of benzene rings is 1. The fraction of sp³-hybridized carbons (Fsp3) is 0.414. The van der Waals surface area contributed by atoms with Crippen molar-refractivity contribution in [3.63, 3.8) is 0 Å². The molecular weight excluding hydrogens is 515 g/mol. The Balaban J connectivity index is 1.44. The second-order valence-electron chi connectivity index (χ2n) is 10.5. The van der Waals surface area contributed by atoms with Crippen molar-refractivity contribution in [1.82, 2.24) is 29.9 Å². The number of imide groups is 1. The van der Waals surface area contributed by atoms with Crippen LogP contribution in [-0.4, -0.2) is 68.7 Å². The molecule has 0 aliphatic carbocycles. The van der Waals surface area contributed by atoms with Gasteiger partial charge in [0, 0.05) is 49.2 Å². The summed E-state index contributed by atoms with van der Waals surface area (Å²) < 4.78 is 21.3. The van der Waals surface area contributed by atoms with Gasteiger partial charge >= 0.3 is 6.03 Å². The van der Waals surface area contributed by atoms with Gasteiger partial charge in [0.1, 0.15) is 30.4 Å². The molecule has 3 aromatic rings. The third kappa shape index (κ3) is 6.13. The molecule has 10 nitrogen and oxygen atoms in total. The first-order valence-corrected chi connectivity index (χ1v) is 13.5. The van der Waals surface area contributed by atoms with Crippen molar-refractivity contribution in [2.45, 2.75) is 39.2 Å². The summed E-state index contributed by atoms with van der Waals surface area (Å²) >= 11 is 0. The van der Waals surface area contributed by atoms with E-state index in [0.29, 0.717) is 24.3 Å². The van der Waals surface area contributed by atoms with Crippen molar-refractivity contribution in [3.8, 4) is 16.9 Å². The molecule has 0 saturated heterocycles. The largest absolute Gasteiger partial charge is 0.491 e. The van der Waals surface area contributed by atoms with Crippen molar-refractivity contribution in [2.75, 3.05) is 26.2 Å². The zero-order valence-corrected chi connectivity index (χ0v) is 22.7. The third-order valence-corrected chi connectivity index (χ3v) is 7.34. The molecule has 1 unspecified atom stereocenters. The number of ether oxygens (including phenoxy) is 1. The predicted octanol–water partition coefficient (Wildman–Crippen LogP) is 3.56. The SMILES string of the molecule is CC1CCCCc2cc(-c3cnn(C)c3)cnc2C(=O)N(CC(=O)N2CCOc3ccc(F)cc3C2)C(=O)NC1. The molecule has 0 bridgehead atoms. The zero-order valence-electron chi connectivity index (χ0n) is 22.7. The van der Waals surface area contributed by atoms with Crippen LogP contribution in [0.5, 0.6) is 5.75 Å². The van der Waals surface area contributed by atoms with E-state index in [4.69, 9.17) is 4.74 Å². The van der Waals surface area contributed by atoms with Crippen molar-refractivity contribution in [1.29, 1.82) is 0 Å². The highest BCUT2D eigenvalue weighted by molar-refractivity contribution is 6.06. The van der Waals surface area contributed by atoms with E-state index in [2.05, 4.69) is 15.4 Å². The van der Waals surface area contributed by atoms with Gasteiger partial charge in [0.25, 0.3) is 5.91 Å². The van der Waals surface area contributed by atoms with E-state index in [9.17, 15) is 18.8 Å². The van der Waals surface area contributed by atoms with E-state index in [0.717, 1.165) is 40.9 Å². The molecule has 0 saturated carbocycles. The van der Waals surface area contributed by atoms with Gasteiger partial charge in [-0.2, -0.15) is 5.10 Å². The first-order valence-electron chi connectivity index (χ1n) is 13.5. The molecule has 0 radical (unpaired) electrons. The monoisotopic (exact) mass is 548 g/mol. The molecule has 0 spiro atoms. The van der Waals surface area contributed by atoms with Crippen LogP contribution in [0.2, 0.25) is 0 Å². The summed E-state index contributed by atoms with van der Waals surface area (Å²) in [5, 5.41) is 7.05. The number of urea groups is 1. The number of aryl methyl sites for hydroxylation is 2. The number of aromatic nitrogens is 3. The van der Waals surface area contributed by atoms with Crippen LogP contribution in [0.25, 0.3) is 11.1 Å². The lowest BCUT2D eigenvalue weighted by Gasteiger charge is -2.27. The summed E-state index contributed by atoms with van der Waals surface area (Å²) in [4.78, 5) is 47.6. The molecule has 2 aliphatic rings. The number of carbonyl (C=O) groups excluding carboxylic acids is 3. The average molecular weight is 549 g/mol. The van der Waals surface area contributed by atoms with Crippen molar-refractivity contribution in [2.24, 2.45) is 13.0 Å². The molecule has 11 heteroatoms. The maximum atomic E-state index is 13.9. The number of rotatable bonds is 3. The molecule has 0 fully saturated rings. The standard InChI is InChI=1S/C29H33FN6O4/c1-19-5-3-4-6-20-11-21(23-15-33-34(2)16-23)14-31-27(20)28(38)36(29(39)32-13-19)18-26(37)35-9-10-40-25-8-7-24(30)12-22(25)17-35/h7-8,11-12,14-16,19H,3-6,9-10,13,17-18H2,1-2H3,(H,32,39). The summed E-state index contributed by atoms with van der Waals surface area (Å²) in [5.74, 6) is -0.795. The van der Waals surface area contributed by atoms with E-state index in [1.807, 2.05) is 26.2 Å². The summed E-state index contributed by atoms with van der Waals surface area (Å²) in [6.45, 7) is 2.52. The molecule has 2 aromatic heterocycles. The Morgan fingerprint density at radius 2 is 2.00 bits per heavy atom. The van der Waals surface area contributed by atoms with Crippen LogP contribution in [0.3, 0.4) is 0 Å². The Labute approximate surface area is 232 Å². The number of nitrogens with zero attached hydrogens (tertiary/aromatic N) is 5. The fourth-order valence-electron chi connectivity index (χ4n) is 5.06. The Bertz CT molecular complexity index is 1420. The highest BCUT2D eigenvalue weighted by Crippen LogP contribution is 2.26. The average Bonchev–Trinajstić information content (AvgIpc) is 3.26. The summed E-state index contributed by atoms with van der Waals surface area (Å²) in [5.41, 5.74) is 3.09. The smallest absolute Gasteiger partial charge is 0.324 e. The number of hydrogen-bond donors (Lipinski definition) is 1. The number of fused-ring (bicyclic) bond motifs is 2. The van der Waals surface area contributed by atoms with Crippen molar-refractivity contribution in [3.05, 3.63) is 65.5 Å². The fourth-order valence-corrected chi connectivity index (χ4v) is 5.06. The number of amides is 4. The molecule has 5 rings (SSSR count). The lowest BCUT2D eigenvalue weighted by molar-refractivity contribution is -0.132. The molecule has 2 aliphatic heterocycles. The molecule has 4 amide bonds. The number of hydrogen-bond acceptors (Lipinski definition) is 6. The second kappa shape index (κ2) is 11.8. The predicted molar refractivity (Wildman–Crippen MR) is 145 cm³/mol. The number of carbonyl (C=O) groups is 3. The van der Waals surface area contributed by atoms with E-state index in [1.165, 1.54) is 23.1 Å². The summed E-state index contributed by atoms with van der Waals surface area (Å²) in [6.07, 6.45) is 8.54. The number of pyridine rings is 1. The van der Waals surface area contributed by atoms with E-state index in [1.54, 1.807) is 17.1 Å². The van der Waals surface area contributed by atoms with Gasteiger partial charge in [-0.25, -0.2) is 14.1 Å². The second-order valence-corrected chi connectivity index (χ2v) is 10.5. The van der Waals surface area contributed by atoms with Gasteiger partial charge in [-0.1, -0.05) is 13.3 Å². The van der Waals surface area contributed by atoms with Gasteiger partial charge in [0.15, 0.2) is 0 Å².